The first kappa shape index (κ1) is 22.5. The van der Waals surface area contributed by atoms with Crippen LogP contribution in [0.3, 0.4) is 0 Å². The molecular formula is C22H35N5O3. The van der Waals surface area contributed by atoms with Gasteiger partial charge in [-0.3, -0.25) is 9.48 Å². The summed E-state index contributed by atoms with van der Waals surface area (Å²) < 4.78 is 13.2. The molecule has 8 nitrogen and oxygen atoms in total. The molecule has 8 heteroatoms. The largest absolute Gasteiger partial charge is 0.376 e. The number of hydrogen-bond donors (Lipinski definition) is 0. The van der Waals surface area contributed by atoms with Crippen molar-refractivity contribution in [2.45, 2.75) is 72.3 Å². The Bertz CT molecular complexity index is 842. The van der Waals surface area contributed by atoms with Crippen molar-refractivity contribution >= 4 is 5.91 Å². The number of aromatic nitrogens is 4. The molecule has 2 aromatic rings. The second-order valence-corrected chi connectivity index (χ2v) is 8.70. The smallest absolute Gasteiger partial charge is 0.226 e. The van der Waals surface area contributed by atoms with Gasteiger partial charge >= 0.3 is 0 Å². The zero-order valence-corrected chi connectivity index (χ0v) is 19.0. The molecule has 0 spiro atoms. The number of hydrogen-bond acceptors (Lipinski definition) is 6. The molecule has 1 fully saturated rings. The van der Waals surface area contributed by atoms with E-state index < -0.39 is 0 Å². The summed E-state index contributed by atoms with van der Waals surface area (Å²) in [6.07, 6.45) is 4.71. The van der Waals surface area contributed by atoms with E-state index in [2.05, 4.69) is 36.0 Å². The Morgan fingerprint density at radius 2 is 2.10 bits per heavy atom. The van der Waals surface area contributed by atoms with Gasteiger partial charge in [0.1, 0.15) is 0 Å². The highest BCUT2D eigenvalue weighted by molar-refractivity contribution is 5.76. The van der Waals surface area contributed by atoms with E-state index in [0.29, 0.717) is 43.6 Å². The minimum Gasteiger partial charge on any atom is -0.376 e. The predicted octanol–water partition coefficient (Wildman–Crippen LogP) is 2.80. The molecular weight excluding hydrogens is 382 g/mol. The minimum absolute atomic E-state index is 0.0756. The molecule has 0 radical (unpaired) electrons. The topological polar surface area (TPSA) is 86.3 Å². The Kier molecular flexibility index (Phi) is 7.64. The first-order valence-corrected chi connectivity index (χ1v) is 11.0. The molecule has 0 bridgehead atoms. The molecule has 30 heavy (non-hydrogen) atoms. The summed E-state index contributed by atoms with van der Waals surface area (Å²) in [5.41, 5.74) is 3.34. The van der Waals surface area contributed by atoms with Crippen LogP contribution < -0.4 is 0 Å². The van der Waals surface area contributed by atoms with Gasteiger partial charge in [-0.15, -0.1) is 0 Å². The van der Waals surface area contributed by atoms with Crippen LogP contribution in [0.4, 0.5) is 0 Å². The molecule has 3 rings (SSSR count). The maximum absolute atomic E-state index is 12.7. The number of likely N-dealkylation sites (tertiary alicyclic amines) is 1. The minimum atomic E-state index is 0.0756. The molecule has 1 aliphatic rings. The lowest BCUT2D eigenvalue weighted by atomic mass is 10.0. The van der Waals surface area contributed by atoms with Gasteiger partial charge in [-0.05, 0) is 44.6 Å². The molecule has 1 aliphatic heterocycles. The maximum Gasteiger partial charge on any atom is 0.226 e. The SMILES string of the molecule is Cc1nn(C)c(C)c1CCC(=O)N1CCCC(OCCc2noc(CC(C)C)n2)C1. The zero-order valence-electron chi connectivity index (χ0n) is 19.0. The van der Waals surface area contributed by atoms with E-state index >= 15 is 0 Å². The van der Waals surface area contributed by atoms with Gasteiger partial charge in [0.25, 0.3) is 0 Å². The van der Waals surface area contributed by atoms with Gasteiger partial charge in [0, 0.05) is 45.1 Å². The summed E-state index contributed by atoms with van der Waals surface area (Å²) >= 11 is 0. The van der Waals surface area contributed by atoms with E-state index in [1.807, 2.05) is 23.6 Å². The normalized spacial score (nSPS) is 17.1. The quantitative estimate of drug-likeness (QED) is 0.624. The number of amides is 1. The molecule has 166 valence electrons. The number of carbonyl (C=O) groups is 1. The second-order valence-electron chi connectivity index (χ2n) is 8.70. The lowest BCUT2D eigenvalue weighted by Gasteiger charge is -2.32. The van der Waals surface area contributed by atoms with Gasteiger partial charge in [0.2, 0.25) is 11.8 Å². The summed E-state index contributed by atoms with van der Waals surface area (Å²) in [6, 6.07) is 0. The first-order valence-electron chi connectivity index (χ1n) is 11.0. The molecule has 1 saturated heterocycles. The summed E-state index contributed by atoms with van der Waals surface area (Å²) in [6.45, 7) is 10.3. The van der Waals surface area contributed by atoms with Crippen LogP contribution in [0.1, 0.15) is 61.8 Å². The number of rotatable bonds is 9. The molecule has 2 aromatic heterocycles. The molecule has 0 saturated carbocycles. The summed E-state index contributed by atoms with van der Waals surface area (Å²) in [4.78, 5) is 19.1. The van der Waals surface area contributed by atoms with Crippen LogP contribution in [0.15, 0.2) is 4.52 Å². The Labute approximate surface area is 179 Å². The van der Waals surface area contributed by atoms with Crippen molar-refractivity contribution in [3.8, 4) is 0 Å². The molecule has 1 amide bonds. The van der Waals surface area contributed by atoms with Crippen molar-refractivity contribution in [2.75, 3.05) is 19.7 Å². The van der Waals surface area contributed by atoms with Crippen molar-refractivity contribution in [3.05, 3.63) is 28.7 Å². The third-order valence-electron chi connectivity index (χ3n) is 5.75. The van der Waals surface area contributed by atoms with Crippen molar-refractivity contribution in [1.29, 1.82) is 0 Å². The van der Waals surface area contributed by atoms with Gasteiger partial charge in [-0.1, -0.05) is 19.0 Å². The Balaban J connectivity index is 1.42. The average molecular weight is 418 g/mol. The predicted molar refractivity (Wildman–Crippen MR) is 113 cm³/mol. The Morgan fingerprint density at radius 1 is 1.30 bits per heavy atom. The van der Waals surface area contributed by atoms with Gasteiger partial charge in [0.05, 0.1) is 18.4 Å². The van der Waals surface area contributed by atoms with E-state index in [1.165, 1.54) is 5.56 Å². The molecule has 1 atom stereocenters. The highest BCUT2D eigenvalue weighted by Gasteiger charge is 2.24. The molecule has 0 aliphatic carbocycles. The fraction of sp³-hybridized carbons (Fsp3) is 0.727. The monoisotopic (exact) mass is 417 g/mol. The molecule has 0 aromatic carbocycles. The van der Waals surface area contributed by atoms with Crippen LogP contribution in [0.2, 0.25) is 0 Å². The van der Waals surface area contributed by atoms with E-state index in [9.17, 15) is 4.79 Å². The van der Waals surface area contributed by atoms with Crippen LogP contribution in [0, 0.1) is 19.8 Å². The third kappa shape index (κ3) is 5.90. The van der Waals surface area contributed by atoms with Crippen molar-refractivity contribution in [1.82, 2.24) is 24.8 Å². The van der Waals surface area contributed by atoms with Crippen molar-refractivity contribution in [3.63, 3.8) is 0 Å². The Hall–Kier alpha value is -2.22. The van der Waals surface area contributed by atoms with E-state index in [-0.39, 0.29) is 12.0 Å². The van der Waals surface area contributed by atoms with E-state index in [0.717, 1.165) is 43.6 Å². The molecule has 3 heterocycles. The highest BCUT2D eigenvalue weighted by Crippen LogP contribution is 2.18. The number of aryl methyl sites for hydroxylation is 2. The fourth-order valence-electron chi connectivity index (χ4n) is 4.01. The van der Waals surface area contributed by atoms with Crippen molar-refractivity contribution < 1.29 is 14.1 Å². The third-order valence-corrected chi connectivity index (χ3v) is 5.75. The zero-order chi connectivity index (χ0) is 21.7. The van der Waals surface area contributed by atoms with Crippen LogP contribution >= 0.6 is 0 Å². The van der Waals surface area contributed by atoms with Crippen LogP contribution in [0.25, 0.3) is 0 Å². The summed E-state index contributed by atoms with van der Waals surface area (Å²) in [7, 11) is 1.94. The average Bonchev–Trinajstić information content (AvgIpc) is 3.23. The van der Waals surface area contributed by atoms with Gasteiger partial charge in [-0.25, -0.2) is 0 Å². The van der Waals surface area contributed by atoms with Gasteiger partial charge < -0.3 is 14.2 Å². The van der Waals surface area contributed by atoms with Gasteiger partial charge in [-0.2, -0.15) is 10.1 Å². The van der Waals surface area contributed by atoms with Crippen LogP contribution in [-0.2, 0) is 35.8 Å². The molecule has 0 N–H and O–H groups in total. The van der Waals surface area contributed by atoms with E-state index in [4.69, 9.17) is 9.26 Å². The van der Waals surface area contributed by atoms with Crippen LogP contribution in [-0.4, -0.2) is 56.5 Å². The lowest BCUT2D eigenvalue weighted by Crippen LogP contribution is -2.43. The highest BCUT2D eigenvalue weighted by atomic mass is 16.5. The van der Waals surface area contributed by atoms with Gasteiger partial charge in [0.15, 0.2) is 5.82 Å². The number of piperidine rings is 1. The number of nitrogens with zero attached hydrogens (tertiary/aromatic N) is 5. The standard InChI is InChI=1S/C22H35N5O3/c1-15(2)13-21-23-20(25-30-21)10-12-29-18-7-6-11-27(14-18)22(28)9-8-19-16(3)24-26(5)17(19)4/h15,18H,6-14H2,1-5H3. The van der Waals surface area contributed by atoms with Crippen LogP contribution in [0.5, 0.6) is 0 Å². The lowest BCUT2D eigenvalue weighted by molar-refractivity contribution is -0.135. The fourth-order valence-corrected chi connectivity index (χ4v) is 4.01. The summed E-state index contributed by atoms with van der Waals surface area (Å²) in [5, 5.41) is 8.47. The van der Waals surface area contributed by atoms with E-state index in [1.54, 1.807) is 0 Å². The Morgan fingerprint density at radius 3 is 2.80 bits per heavy atom. The first-order chi connectivity index (χ1) is 14.3. The summed E-state index contributed by atoms with van der Waals surface area (Å²) in [5.74, 6) is 2.07. The molecule has 1 unspecified atom stereocenters. The number of carbonyl (C=O) groups excluding carboxylic acids is 1. The number of ether oxygens (including phenoxy) is 1. The second kappa shape index (κ2) is 10.2. The van der Waals surface area contributed by atoms with Crippen molar-refractivity contribution in [2.24, 2.45) is 13.0 Å². The maximum atomic E-state index is 12.7.